The molecule has 146 valence electrons. The summed E-state index contributed by atoms with van der Waals surface area (Å²) in [6.45, 7) is 1.95. The van der Waals surface area contributed by atoms with Gasteiger partial charge in [0.1, 0.15) is 11.5 Å². The van der Waals surface area contributed by atoms with Crippen LogP contribution in [0.1, 0.15) is 21.6 Å². The molecule has 1 aromatic heterocycles. The van der Waals surface area contributed by atoms with E-state index in [9.17, 15) is 13.2 Å². The summed E-state index contributed by atoms with van der Waals surface area (Å²) in [6.07, 6.45) is 0. The van der Waals surface area contributed by atoms with Gasteiger partial charge in [-0.15, -0.1) is 11.3 Å². The standard InChI is InChI=1S/C18H16ClN3O4S2/c1-11-2-5-13(6-3-11)21-18-22-14(10-27-18)9-26-17(23)12-4-7-15(19)16(8-12)28(20,24)25/h2-8,10H,9H2,1H3,(H,21,22)(H2,20,24,25). The molecule has 0 amide bonds. The molecule has 0 spiro atoms. The van der Waals surface area contributed by atoms with Crippen LogP contribution in [-0.4, -0.2) is 19.4 Å². The minimum Gasteiger partial charge on any atom is -0.456 e. The Kier molecular flexibility index (Phi) is 5.99. The van der Waals surface area contributed by atoms with Crippen molar-refractivity contribution in [1.82, 2.24) is 4.98 Å². The fraction of sp³-hybridized carbons (Fsp3) is 0.111. The highest BCUT2D eigenvalue weighted by Gasteiger charge is 2.17. The van der Waals surface area contributed by atoms with Crippen LogP contribution in [-0.2, 0) is 21.4 Å². The van der Waals surface area contributed by atoms with E-state index in [2.05, 4.69) is 10.3 Å². The van der Waals surface area contributed by atoms with Crippen molar-refractivity contribution in [2.45, 2.75) is 18.4 Å². The second kappa shape index (κ2) is 8.27. The van der Waals surface area contributed by atoms with Crippen molar-refractivity contribution in [1.29, 1.82) is 0 Å². The number of halogens is 1. The second-order valence-corrected chi connectivity index (χ2v) is 8.70. The van der Waals surface area contributed by atoms with Gasteiger partial charge < -0.3 is 10.1 Å². The number of benzene rings is 2. The van der Waals surface area contributed by atoms with E-state index in [1.54, 1.807) is 5.38 Å². The maximum atomic E-state index is 12.2. The monoisotopic (exact) mass is 437 g/mol. The lowest BCUT2D eigenvalue weighted by molar-refractivity contribution is 0.0468. The number of nitrogens with one attached hydrogen (secondary N) is 1. The van der Waals surface area contributed by atoms with Gasteiger partial charge in [-0.05, 0) is 37.3 Å². The van der Waals surface area contributed by atoms with Crippen LogP contribution in [0.4, 0.5) is 10.8 Å². The number of hydrogen-bond donors (Lipinski definition) is 2. The van der Waals surface area contributed by atoms with Gasteiger partial charge in [0.05, 0.1) is 16.3 Å². The maximum Gasteiger partial charge on any atom is 0.338 e. The zero-order chi connectivity index (χ0) is 20.3. The van der Waals surface area contributed by atoms with Crippen molar-refractivity contribution in [2.75, 3.05) is 5.32 Å². The summed E-state index contributed by atoms with van der Waals surface area (Å²) in [4.78, 5) is 16.2. The van der Waals surface area contributed by atoms with Crippen molar-refractivity contribution in [2.24, 2.45) is 5.14 Å². The Morgan fingerprint density at radius 3 is 2.64 bits per heavy atom. The quantitative estimate of drug-likeness (QED) is 0.566. The first-order valence-corrected chi connectivity index (χ1v) is 10.8. The van der Waals surface area contributed by atoms with Crippen LogP contribution in [0.5, 0.6) is 0 Å². The lowest BCUT2D eigenvalue weighted by atomic mass is 10.2. The lowest BCUT2D eigenvalue weighted by Gasteiger charge is -2.06. The minimum atomic E-state index is -4.04. The van der Waals surface area contributed by atoms with Crippen LogP contribution in [0, 0.1) is 6.92 Å². The first-order chi connectivity index (χ1) is 13.2. The number of nitrogens with zero attached hydrogens (tertiary/aromatic N) is 1. The fourth-order valence-electron chi connectivity index (χ4n) is 2.26. The summed E-state index contributed by atoms with van der Waals surface area (Å²) in [5.74, 6) is -0.706. The molecular weight excluding hydrogens is 422 g/mol. The smallest absolute Gasteiger partial charge is 0.338 e. The number of rotatable bonds is 6. The lowest BCUT2D eigenvalue weighted by Crippen LogP contribution is -2.14. The summed E-state index contributed by atoms with van der Waals surface area (Å²) >= 11 is 7.19. The maximum absolute atomic E-state index is 12.2. The molecule has 2 aromatic carbocycles. The molecule has 3 aromatic rings. The van der Waals surface area contributed by atoms with E-state index in [0.29, 0.717) is 10.8 Å². The molecule has 28 heavy (non-hydrogen) atoms. The number of aryl methyl sites for hydroxylation is 1. The molecule has 1 heterocycles. The normalized spacial score (nSPS) is 11.2. The second-order valence-electron chi connectivity index (χ2n) is 5.90. The Morgan fingerprint density at radius 1 is 1.25 bits per heavy atom. The van der Waals surface area contributed by atoms with E-state index in [0.717, 1.165) is 17.3 Å². The third kappa shape index (κ3) is 5.08. The Hall–Kier alpha value is -2.46. The third-order valence-electron chi connectivity index (χ3n) is 3.68. The molecule has 0 atom stereocenters. The van der Waals surface area contributed by atoms with E-state index >= 15 is 0 Å². The number of nitrogens with two attached hydrogens (primary N) is 1. The molecule has 0 aliphatic heterocycles. The number of aromatic nitrogens is 1. The fourth-order valence-corrected chi connectivity index (χ4v) is 4.05. The Morgan fingerprint density at radius 2 is 1.96 bits per heavy atom. The Balaban J connectivity index is 1.64. The number of carbonyl (C=O) groups excluding carboxylic acids is 1. The number of thiazole rings is 1. The summed E-state index contributed by atoms with van der Waals surface area (Å²) in [5.41, 5.74) is 2.65. The Labute approximate surface area is 171 Å². The molecule has 0 saturated heterocycles. The van der Waals surface area contributed by atoms with E-state index in [1.807, 2.05) is 31.2 Å². The topological polar surface area (TPSA) is 111 Å². The van der Waals surface area contributed by atoms with Crippen molar-refractivity contribution in [3.8, 4) is 0 Å². The first kappa shape index (κ1) is 20.3. The van der Waals surface area contributed by atoms with Crippen LogP contribution in [0.15, 0.2) is 52.7 Å². The molecule has 0 aliphatic carbocycles. The Bertz CT molecular complexity index is 1110. The van der Waals surface area contributed by atoms with Crippen LogP contribution >= 0.6 is 22.9 Å². The van der Waals surface area contributed by atoms with Gasteiger partial charge in [-0.1, -0.05) is 29.3 Å². The molecule has 0 bridgehead atoms. The van der Waals surface area contributed by atoms with Gasteiger partial charge in [0, 0.05) is 11.1 Å². The van der Waals surface area contributed by atoms with Gasteiger partial charge in [-0.3, -0.25) is 0 Å². The number of sulfonamides is 1. The predicted octanol–water partition coefficient (Wildman–Crippen LogP) is 3.85. The molecule has 3 N–H and O–H groups in total. The summed E-state index contributed by atoms with van der Waals surface area (Å²) in [7, 11) is -4.04. The molecule has 3 rings (SSSR count). The number of primary sulfonamides is 1. The minimum absolute atomic E-state index is 0.0293. The SMILES string of the molecule is Cc1ccc(Nc2nc(COC(=O)c3ccc(Cl)c(S(N)(=O)=O)c3)cs2)cc1. The van der Waals surface area contributed by atoms with Crippen molar-refractivity contribution >= 4 is 49.7 Å². The molecule has 10 heteroatoms. The van der Waals surface area contributed by atoms with E-state index < -0.39 is 16.0 Å². The largest absolute Gasteiger partial charge is 0.456 e. The molecule has 0 aliphatic rings. The van der Waals surface area contributed by atoms with Crippen LogP contribution < -0.4 is 10.5 Å². The summed E-state index contributed by atoms with van der Waals surface area (Å²) in [5, 5.41) is 10.6. The summed E-state index contributed by atoms with van der Waals surface area (Å²) in [6, 6.07) is 11.6. The van der Waals surface area contributed by atoms with Crippen LogP contribution in [0.3, 0.4) is 0 Å². The van der Waals surface area contributed by atoms with Crippen molar-refractivity contribution in [3.05, 3.63) is 69.7 Å². The molecule has 7 nitrogen and oxygen atoms in total. The van der Waals surface area contributed by atoms with Crippen LogP contribution in [0.25, 0.3) is 0 Å². The average molecular weight is 438 g/mol. The number of esters is 1. The number of carbonyl (C=O) groups is 1. The zero-order valence-corrected chi connectivity index (χ0v) is 17.1. The van der Waals surface area contributed by atoms with E-state index in [1.165, 1.54) is 23.5 Å². The van der Waals surface area contributed by atoms with Crippen LogP contribution in [0.2, 0.25) is 5.02 Å². The van der Waals surface area contributed by atoms with Gasteiger partial charge in [0.2, 0.25) is 10.0 Å². The number of anilines is 2. The van der Waals surface area contributed by atoms with Crippen molar-refractivity contribution in [3.63, 3.8) is 0 Å². The zero-order valence-electron chi connectivity index (χ0n) is 14.7. The van der Waals surface area contributed by atoms with Gasteiger partial charge in [-0.25, -0.2) is 23.3 Å². The third-order valence-corrected chi connectivity index (χ3v) is 5.88. The average Bonchev–Trinajstić information content (AvgIpc) is 3.08. The molecule has 0 radical (unpaired) electrons. The highest BCUT2D eigenvalue weighted by Crippen LogP contribution is 2.23. The highest BCUT2D eigenvalue weighted by molar-refractivity contribution is 7.89. The van der Waals surface area contributed by atoms with Gasteiger partial charge in [0.15, 0.2) is 5.13 Å². The highest BCUT2D eigenvalue weighted by atomic mass is 35.5. The number of hydrogen-bond acceptors (Lipinski definition) is 7. The molecule has 0 saturated carbocycles. The van der Waals surface area contributed by atoms with Crippen molar-refractivity contribution < 1.29 is 17.9 Å². The predicted molar refractivity (Wildman–Crippen MR) is 109 cm³/mol. The summed E-state index contributed by atoms with van der Waals surface area (Å²) < 4.78 is 28.2. The van der Waals surface area contributed by atoms with E-state index in [4.69, 9.17) is 21.5 Å². The molecular formula is C18H16ClN3O4S2. The van der Waals surface area contributed by atoms with Gasteiger partial charge >= 0.3 is 5.97 Å². The van der Waals surface area contributed by atoms with Gasteiger partial charge in [0.25, 0.3) is 0 Å². The number of ether oxygens (including phenoxy) is 1. The molecule has 0 unspecified atom stereocenters. The van der Waals surface area contributed by atoms with Gasteiger partial charge in [-0.2, -0.15) is 0 Å². The van der Waals surface area contributed by atoms with E-state index in [-0.39, 0.29) is 22.1 Å². The molecule has 0 fully saturated rings. The first-order valence-electron chi connectivity index (χ1n) is 8.00.